The van der Waals surface area contributed by atoms with E-state index >= 15 is 0 Å². The summed E-state index contributed by atoms with van der Waals surface area (Å²) in [5, 5.41) is 4.83. The molecule has 0 aliphatic rings. The Labute approximate surface area is 121 Å². The molecule has 0 bridgehead atoms. The van der Waals surface area contributed by atoms with Gasteiger partial charge in [-0.05, 0) is 25.0 Å². The van der Waals surface area contributed by atoms with Gasteiger partial charge in [0.1, 0.15) is 0 Å². The summed E-state index contributed by atoms with van der Waals surface area (Å²) in [5.74, 6) is 0.713. The summed E-state index contributed by atoms with van der Waals surface area (Å²) < 4.78 is 6.28. The lowest BCUT2D eigenvalue weighted by Gasteiger charge is -2.21. The minimum Gasteiger partial charge on any atom is -0.340 e. The summed E-state index contributed by atoms with van der Waals surface area (Å²) in [6, 6.07) is 8.30. The molecule has 0 atom stereocenters. The van der Waals surface area contributed by atoms with Crippen LogP contribution in [0.15, 0.2) is 35.1 Å². The van der Waals surface area contributed by atoms with Gasteiger partial charge in [0.05, 0.1) is 15.2 Å². The normalized spacial score (nSPS) is 12.1. The van der Waals surface area contributed by atoms with Gasteiger partial charge in [0, 0.05) is 11.8 Å². The molecule has 104 valence electrons. The summed E-state index contributed by atoms with van der Waals surface area (Å²) >= 11 is 1.79. The van der Waals surface area contributed by atoms with E-state index in [1.807, 2.05) is 6.07 Å². The molecule has 5 heteroatoms. The van der Waals surface area contributed by atoms with Crippen molar-refractivity contribution in [1.82, 2.24) is 15.1 Å². The molecule has 0 saturated heterocycles. The van der Waals surface area contributed by atoms with Crippen molar-refractivity contribution in [3.05, 3.63) is 41.5 Å². The number of rotatable bonds is 5. The maximum atomic E-state index is 5.03. The van der Waals surface area contributed by atoms with Crippen molar-refractivity contribution in [2.75, 3.05) is 0 Å². The molecular formula is C15H17N3OS. The van der Waals surface area contributed by atoms with Crippen molar-refractivity contribution >= 4 is 21.6 Å². The second-order valence-electron chi connectivity index (χ2n) is 5.56. The third kappa shape index (κ3) is 2.72. The first-order valence-corrected chi connectivity index (χ1v) is 7.58. The summed E-state index contributed by atoms with van der Waals surface area (Å²) in [6.07, 6.45) is 4.35. The molecule has 0 amide bonds. The molecule has 4 nitrogen and oxygen atoms in total. The van der Waals surface area contributed by atoms with Crippen molar-refractivity contribution < 1.29 is 4.52 Å². The van der Waals surface area contributed by atoms with Crippen LogP contribution in [0.2, 0.25) is 0 Å². The van der Waals surface area contributed by atoms with Crippen molar-refractivity contribution in [2.24, 2.45) is 0 Å². The number of benzene rings is 1. The largest absolute Gasteiger partial charge is 0.340 e. The third-order valence-electron chi connectivity index (χ3n) is 3.47. The van der Waals surface area contributed by atoms with E-state index in [4.69, 9.17) is 9.51 Å². The number of fused-ring (bicyclic) bond motifs is 1. The molecule has 0 unspecified atom stereocenters. The van der Waals surface area contributed by atoms with Crippen molar-refractivity contribution in [1.29, 1.82) is 0 Å². The molecule has 0 radical (unpaired) electrons. The molecule has 0 spiro atoms. The van der Waals surface area contributed by atoms with Crippen LogP contribution in [0.1, 0.15) is 37.6 Å². The first kappa shape index (κ1) is 13.2. The van der Waals surface area contributed by atoms with E-state index in [2.05, 4.69) is 42.2 Å². The lowest BCUT2D eigenvalue weighted by molar-refractivity contribution is 0.364. The Morgan fingerprint density at radius 1 is 1.25 bits per heavy atom. The average molecular weight is 287 g/mol. The summed E-state index contributed by atoms with van der Waals surface area (Å²) in [6.45, 7) is 4.50. The number of nitrogens with zero attached hydrogens (tertiary/aromatic N) is 3. The Balaban J connectivity index is 1.70. The SMILES string of the molecule is CC(C)(CCCc1ncno1)c1nc2ccccc2s1. The predicted molar refractivity (Wildman–Crippen MR) is 79.9 cm³/mol. The van der Waals surface area contributed by atoms with Crippen LogP contribution in [-0.4, -0.2) is 15.1 Å². The fourth-order valence-corrected chi connectivity index (χ4v) is 3.35. The molecule has 2 heterocycles. The van der Waals surface area contributed by atoms with E-state index in [-0.39, 0.29) is 5.41 Å². The average Bonchev–Trinajstić information content (AvgIpc) is 3.07. The molecule has 0 aliphatic carbocycles. The number of para-hydroxylation sites is 1. The molecular weight excluding hydrogens is 270 g/mol. The van der Waals surface area contributed by atoms with Crippen LogP contribution in [0.5, 0.6) is 0 Å². The molecule has 2 aromatic heterocycles. The van der Waals surface area contributed by atoms with Crippen LogP contribution in [0.25, 0.3) is 10.2 Å². The van der Waals surface area contributed by atoms with Gasteiger partial charge in [-0.15, -0.1) is 11.3 Å². The Bertz CT molecular complexity index is 655. The zero-order valence-electron chi connectivity index (χ0n) is 11.7. The molecule has 0 aliphatic heterocycles. The van der Waals surface area contributed by atoms with Crippen LogP contribution >= 0.6 is 11.3 Å². The van der Waals surface area contributed by atoms with Gasteiger partial charge in [-0.25, -0.2) is 4.98 Å². The first-order valence-electron chi connectivity index (χ1n) is 6.77. The van der Waals surface area contributed by atoms with Gasteiger partial charge in [0.2, 0.25) is 5.89 Å². The molecule has 0 saturated carbocycles. The molecule has 0 fully saturated rings. The fourth-order valence-electron chi connectivity index (χ4n) is 2.26. The molecule has 3 rings (SSSR count). The number of hydrogen-bond donors (Lipinski definition) is 0. The van der Waals surface area contributed by atoms with Crippen LogP contribution < -0.4 is 0 Å². The van der Waals surface area contributed by atoms with E-state index in [9.17, 15) is 0 Å². The zero-order valence-corrected chi connectivity index (χ0v) is 12.5. The minimum atomic E-state index is 0.0731. The molecule has 0 N–H and O–H groups in total. The number of hydrogen-bond acceptors (Lipinski definition) is 5. The van der Waals surface area contributed by atoms with Crippen LogP contribution in [-0.2, 0) is 11.8 Å². The summed E-state index contributed by atoms with van der Waals surface area (Å²) in [4.78, 5) is 8.82. The monoisotopic (exact) mass is 287 g/mol. The first-order chi connectivity index (χ1) is 9.65. The lowest BCUT2D eigenvalue weighted by atomic mass is 9.88. The van der Waals surface area contributed by atoms with E-state index in [1.165, 1.54) is 16.0 Å². The van der Waals surface area contributed by atoms with Crippen molar-refractivity contribution in [3.8, 4) is 0 Å². The van der Waals surface area contributed by atoms with Gasteiger partial charge >= 0.3 is 0 Å². The van der Waals surface area contributed by atoms with Gasteiger partial charge in [-0.3, -0.25) is 0 Å². The topological polar surface area (TPSA) is 51.8 Å². The van der Waals surface area contributed by atoms with Crippen LogP contribution in [0, 0.1) is 0 Å². The Hall–Kier alpha value is -1.75. The highest BCUT2D eigenvalue weighted by atomic mass is 32.1. The summed E-state index contributed by atoms with van der Waals surface area (Å²) in [7, 11) is 0. The Kier molecular flexibility index (Phi) is 3.53. The second kappa shape index (κ2) is 5.32. The van der Waals surface area contributed by atoms with Crippen LogP contribution in [0.3, 0.4) is 0 Å². The lowest BCUT2D eigenvalue weighted by Crippen LogP contribution is -2.17. The van der Waals surface area contributed by atoms with Gasteiger partial charge in [0.25, 0.3) is 0 Å². The van der Waals surface area contributed by atoms with Gasteiger partial charge in [0.15, 0.2) is 6.33 Å². The number of aryl methyl sites for hydroxylation is 1. The van der Waals surface area contributed by atoms with Crippen molar-refractivity contribution in [2.45, 2.75) is 38.5 Å². The van der Waals surface area contributed by atoms with E-state index in [0.717, 1.165) is 24.8 Å². The van der Waals surface area contributed by atoms with Gasteiger partial charge in [-0.1, -0.05) is 31.1 Å². The zero-order chi connectivity index (χ0) is 14.0. The second-order valence-corrected chi connectivity index (χ2v) is 6.59. The van der Waals surface area contributed by atoms with Gasteiger partial charge < -0.3 is 4.52 Å². The Morgan fingerprint density at radius 3 is 2.85 bits per heavy atom. The van der Waals surface area contributed by atoms with Gasteiger partial charge in [-0.2, -0.15) is 4.98 Å². The predicted octanol–water partition coefficient (Wildman–Crippen LogP) is 3.98. The van der Waals surface area contributed by atoms with E-state index < -0.39 is 0 Å². The third-order valence-corrected chi connectivity index (χ3v) is 4.87. The van der Waals surface area contributed by atoms with Crippen LogP contribution in [0.4, 0.5) is 0 Å². The highest BCUT2D eigenvalue weighted by Crippen LogP contribution is 2.34. The van der Waals surface area contributed by atoms with E-state index in [0.29, 0.717) is 5.89 Å². The highest BCUT2D eigenvalue weighted by Gasteiger charge is 2.24. The van der Waals surface area contributed by atoms with Crippen molar-refractivity contribution in [3.63, 3.8) is 0 Å². The maximum absolute atomic E-state index is 5.03. The van der Waals surface area contributed by atoms with E-state index in [1.54, 1.807) is 11.3 Å². The molecule has 20 heavy (non-hydrogen) atoms. The molecule has 1 aromatic carbocycles. The Morgan fingerprint density at radius 2 is 2.10 bits per heavy atom. The fraction of sp³-hybridized carbons (Fsp3) is 0.400. The standard InChI is InChI=1S/C15H17N3OS/c1-15(2,9-5-8-13-16-10-17-19-13)14-18-11-6-3-4-7-12(11)20-14/h3-4,6-7,10H,5,8-9H2,1-2H3. The number of thiazole rings is 1. The smallest absolute Gasteiger partial charge is 0.226 e. The quantitative estimate of drug-likeness (QED) is 0.712. The molecule has 3 aromatic rings. The minimum absolute atomic E-state index is 0.0731. The summed E-state index contributed by atoms with van der Waals surface area (Å²) in [5.41, 5.74) is 1.17. The number of aromatic nitrogens is 3. The maximum Gasteiger partial charge on any atom is 0.226 e. The highest BCUT2D eigenvalue weighted by molar-refractivity contribution is 7.18.